The number of hydrogen-bond donors (Lipinski definition) is 1. The Kier molecular flexibility index (Phi) is 6.25. The number of nitrogens with zero attached hydrogens (tertiary/aromatic N) is 1. The first kappa shape index (κ1) is 21.3. The van der Waals surface area contributed by atoms with Crippen molar-refractivity contribution in [1.82, 2.24) is 4.90 Å². The molecule has 1 fully saturated rings. The Hall–Kier alpha value is -2.90. The predicted octanol–water partition coefficient (Wildman–Crippen LogP) is 5.64. The molecule has 158 valence electrons. The number of thioether (sulfide) groups is 1. The number of carbonyl (C=O) groups is 2. The first-order chi connectivity index (χ1) is 14.9. The van der Waals surface area contributed by atoms with Crippen LogP contribution in [-0.4, -0.2) is 22.5 Å². The van der Waals surface area contributed by atoms with E-state index >= 15 is 0 Å². The zero-order valence-electron chi connectivity index (χ0n) is 16.1. The van der Waals surface area contributed by atoms with E-state index in [2.05, 4.69) is 5.32 Å². The van der Waals surface area contributed by atoms with E-state index in [-0.39, 0.29) is 16.8 Å². The monoisotopic (exact) mass is 458 g/mol. The summed E-state index contributed by atoms with van der Waals surface area (Å²) in [5, 5.41) is 2.71. The molecule has 1 heterocycles. The molecule has 0 aliphatic carbocycles. The van der Waals surface area contributed by atoms with Crippen molar-refractivity contribution in [3.63, 3.8) is 0 Å². The lowest BCUT2D eigenvalue weighted by Gasteiger charge is -2.24. The summed E-state index contributed by atoms with van der Waals surface area (Å²) in [6, 6.07) is 17.4. The van der Waals surface area contributed by atoms with Gasteiger partial charge in [0.25, 0.3) is 5.91 Å². The fourth-order valence-corrected chi connectivity index (χ4v) is 4.60. The standard InChI is InChI=1S/C23H17ClF2N2O2S/c24-17-10-4-14(5-11-17)12-28-20(29)13-31-23(28)16-8-6-15(7-9-16)22(30)27-21-18(25)2-1-3-19(21)26/h1-11,23H,12-13H2,(H,27,30)/t23-/m1/s1. The Balaban J connectivity index is 1.49. The van der Waals surface area contributed by atoms with Gasteiger partial charge in [-0.05, 0) is 47.5 Å². The molecule has 4 nitrogen and oxygen atoms in total. The molecule has 0 aromatic heterocycles. The van der Waals surface area contributed by atoms with Gasteiger partial charge in [-0.2, -0.15) is 0 Å². The van der Waals surface area contributed by atoms with E-state index in [9.17, 15) is 18.4 Å². The van der Waals surface area contributed by atoms with E-state index in [1.807, 2.05) is 12.1 Å². The lowest BCUT2D eigenvalue weighted by atomic mass is 10.1. The Morgan fingerprint density at radius 3 is 2.32 bits per heavy atom. The van der Waals surface area contributed by atoms with Crippen LogP contribution in [0, 0.1) is 11.6 Å². The van der Waals surface area contributed by atoms with Crippen LogP contribution in [0.1, 0.15) is 26.9 Å². The lowest BCUT2D eigenvalue weighted by molar-refractivity contribution is -0.128. The summed E-state index contributed by atoms with van der Waals surface area (Å²) in [5.74, 6) is -1.91. The molecule has 1 saturated heterocycles. The number of amides is 2. The van der Waals surface area contributed by atoms with E-state index in [4.69, 9.17) is 11.6 Å². The van der Waals surface area contributed by atoms with Gasteiger partial charge in [0.15, 0.2) is 0 Å². The molecule has 0 saturated carbocycles. The molecule has 4 rings (SSSR count). The average molecular weight is 459 g/mol. The van der Waals surface area contributed by atoms with Gasteiger partial charge in [-0.25, -0.2) is 8.78 Å². The van der Waals surface area contributed by atoms with Crippen molar-refractivity contribution >= 4 is 40.9 Å². The second-order valence-corrected chi connectivity index (χ2v) is 8.49. The van der Waals surface area contributed by atoms with Gasteiger partial charge in [0.05, 0.1) is 5.75 Å². The molecule has 2 amide bonds. The number of para-hydroxylation sites is 1. The van der Waals surface area contributed by atoms with Gasteiger partial charge in [-0.15, -0.1) is 11.8 Å². The zero-order chi connectivity index (χ0) is 22.0. The molecule has 3 aromatic rings. The minimum absolute atomic E-state index is 0.0294. The summed E-state index contributed by atoms with van der Waals surface area (Å²) < 4.78 is 27.5. The number of benzene rings is 3. The van der Waals surface area contributed by atoms with Gasteiger partial charge in [0.2, 0.25) is 5.91 Å². The molecule has 1 N–H and O–H groups in total. The topological polar surface area (TPSA) is 49.4 Å². The number of halogens is 3. The smallest absolute Gasteiger partial charge is 0.255 e. The van der Waals surface area contributed by atoms with Gasteiger partial charge in [0, 0.05) is 17.1 Å². The highest BCUT2D eigenvalue weighted by Crippen LogP contribution is 2.39. The Labute approximate surface area is 187 Å². The van der Waals surface area contributed by atoms with Crippen LogP contribution >= 0.6 is 23.4 Å². The molecule has 0 bridgehead atoms. The lowest BCUT2D eigenvalue weighted by Crippen LogP contribution is -2.27. The first-order valence-corrected chi connectivity index (χ1v) is 10.9. The van der Waals surface area contributed by atoms with Crippen molar-refractivity contribution in [3.05, 3.63) is 100 Å². The van der Waals surface area contributed by atoms with E-state index in [1.165, 1.54) is 17.8 Å². The van der Waals surface area contributed by atoms with Crippen LogP contribution in [0.3, 0.4) is 0 Å². The molecule has 0 spiro atoms. The minimum atomic E-state index is -0.844. The molecule has 1 atom stereocenters. The van der Waals surface area contributed by atoms with Crippen LogP contribution in [0.4, 0.5) is 14.5 Å². The molecular weight excluding hydrogens is 442 g/mol. The van der Waals surface area contributed by atoms with Crippen molar-refractivity contribution in [2.24, 2.45) is 0 Å². The van der Waals surface area contributed by atoms with Crippen molar-refractivity contribution in [1.29, 1.82) is 0 Å². The SMILES string of the molecule is O=C(Nc1c(F)cccc1F)c1ccc([C@H]2SCC(=O)N2Cc2ccc(Cl)cc2)cc1. The van der Waals surface area contributed by atoms with Crippen molar-refractivity contribution in [2.45, 2.75) is 11.9 Å². The molecule has 3 aromatic carbocycles. The summed E-state index contributed by atoms with van der Waals surface area (Å²) in [6.07, 6.45) is 0. The van der Waals surface area contributed by atoms with Crippen LogP contribution in [0.2, 0.25) is 5.02 Å². The quantitative estimate of drug-likeness (QED) is 0.538. The maximum Gasteiger partial charge on any atom is 0.255 e. The predicted molar refractivity (Wildman–Crippen MR) is 118 cm³/mol. The highest BCUT2D eigenvalue weighted by molar-refractivity contribution is 8.00. The second kappa shape index (κ2) is 9.08. The summed E-state index contributed by atoms with van der Waals surface area (Å²) in [6.45, 7) is 0.447. The Morgan fingerprint density at radius 1 is 1.03 bits per heavy atom. The molecule has 0 unspecified atom stereocenters. The van der Waals surface area contributed by atoms with Gasteiger partial charge in [-0.1, -0.05) is 41.9 Å². The third-order valence-corrected chi connectivity index (χ3v) is 6.40. The van der Waals surface area contributed by atoms with Crippen molar-refractivity contribution in [2.75, 3.05) is 11.1 Å². The normalized spacial score (nSPS) is 15.9. The molecular formula is C23H17ClF2N2O2S. The largest absolute Gasteiger partial charge is 0.322 e. The van der Waals surface area contributed by atoms with Gasteiger partial charge < -0.3 is 10.2 Å². The second-order valence-electron chi connectivity index (χ2n) is 6.98. The van der Waals surface area contributed by atoms with Gasteiger partial charge in [0.1, 0.15) is 22.7 Å². The van der Waals surface area contributed by atoms with Gasteiger partial charge >= 0.3 is 0 Å². The number of rotatable bonds is 5. The van der Waals surface area contributed by atoms with Gasteiger partial charge in [-0.3, -0.25) is 9.59 Å². The summed E-state index contributed by atoms with van der Waals surface area (Å²) in [4.78, 5) is 26.6. The first-order valence-electron chi connectivity index (χ1n) is 9.43. The number of hydrogen-bond acceptors (Lipinski definition) is 3. The average Bonchev–Trinajstić information content (AvgIpc) is 3.12. The summed E-state index contributed by atoms with van der Waals surface area (Å²) >= 11 is 7.44. The highest BCUT2D eigenvalue weighted by Gasteiger charge is 2.32. The van der Waals surface area contributed by atoms with Crippen molar-refractivity contribution in [3.8, 4) is 0 Å². The summed E-state index contributed by atoms with van der Waals surface area (Å²) in [7, 11) is 0. The number of nitrogens with one attached hydrogen (secondary N) is 1. The molecule has 1 aliphatic heterocycles. The van der Waals surface area contributed by atoms with E-state index < -0.39 is 23.2 Å². The Morgan fingerprint density at radius 2 is 1.68 bits per heavy atom. The summed E-state index contributed by atoms with van der Waals surface area (Å²) in [5.41, 5.74) is 1.60. The molecule has 31 heavy (non-hydrogen) atoms. The Bertz CT molecular complexity index is 1100. The third kappa shape index (κ3) is 4.73. The minimum Gasteiger partial charge on any atom is -0.322 e. The van der Waals surface area contributed by atoms with E-state index in [0.717, 1.165) is 23.3 Å². The number of anilines is 1. The molecule has 1 aliphatic rings. The molecule has 0 radical (unpaired) electrons. The maximum absolute atomic E-state index is 13.8. The van der Waals surface area contributed by atoms with E-state index in [1.54, 1.807) is 41.3 Å². The zero-order valence-corrected chi connectivity index (χ0v) is 17.7. The maximum atomic E-state index is 13.8. The van der Waals surface area contributed by atoms with Crippen LogP contribution in [0.15, 0.2) is 66.7 Å². The van der Waals surface area contributed by atoms with Crippen LogP contribution in [0.5, 0.6) is 0 Å². The highest BCUT2D eigenvalue weighted by atomic mass is 35.5. The van der Waals surface area contributed by atoms with Crippen LogP contribution in [-0.2, 0) is 11.3 Å². The fourth-order valence-electron chi connectivity index (χ4n) is 3.29. The molecule has 8 heteroatoms. The van der Waals surface area contributed by atoms with Crippen LogP contribution < -0.4 is 5.32 Å². The number of carbonyl (C=O) groups excluding carboxylic acids is 2. The van der Waals surface area contributed by atoms with Crippen molar-refractivity contribution < 1.29 is 18.4 Å². The third-order valence-electron chi connectivity index (χ3n) is 4.89. The fraction of sp³-hybridized carbons (Fsp3) is 0.130. The van der Waals surface area contributed by atoms with Crippen LogP contribution in [0.25, 0.3) is 0 Å². The van der Waals surface area contributed by atoms with E-state index in [0.29, 0.717) is 17.3 Å².